The quantitative estimate of drug-likeness (QED) is 0.0969. The minimum atomic E-state index is -0.890. The molecule has 0 fully saturated rings. The number of anilines is 1. The molecule has 0 aromatic carbocycles. The highest BCUT2D eigenvalue weighted by atomic mass is 19.1. The SMILES string of the molecule is CCCCCCCCCCCCCCCCCC(=O)OC[C@](C)(CCn1cnc2c(N)nc(F)nc21)OC. The van der Waals surface area contributed by atoms with Crippen molar-refractivity contribution < 1.29 is 18.7 Å². The second-order valence-electron chi connectivity index (χ2n) is 10.8. The van der Waals surface area contributed by atoms with Crippen molar-refractivity contribution in [3.63, 3.8) is 0 Å². The highest BCUT2D eigenvalue weighted by Crippen LogP contribution is 2.21. The van der Waals surface area contributed by atoms with Gasteiger partial charge >= 0.3 is 12.0 Å². The number of halogens is 1. The number of esters is 1. The summed E-state index contributed by atoms with van der Waals surface area (Å²) in [7, 11) is 1.59. The van der Waals surface area contributed by atoms with E-state index >= 15 is 0 Å². The number of methoxy groups -OCH3 is 1. The first-order valence-electron chi connectivity index (χ1n) is 14.7. The van der Waals surface area contributed by atoms with E-state index in [2.05, 4.69) is 21.9 Å². The third-order valence-electron chi connectivity index (χ3n) is 7.36. The first kappa shape index (κ1) is 31.9. The largest absolute Gasteiger partial charge is 0.463 e. The minimum Gasteiger partial charge on any atom is -0.463 e. The summed E-state index contributed by atoms with van der Waals surface area (Å²) in [6.45, 7) is 4.76. The predicted molar refractivity (Wildman–Crippen MR) is 150 cm³/mol. The summed E-state index contributed by atoms with van der Waals surface area (Å²) in [5.41, 5.74) is 5.74. The zero-order valence-corrected chi connectivity index (χ0v) is 24.0. The van der Waals surface area contributed by atoms with Crippen molar-refractivity contribution in [1.82, 2.24) is 19.5 Å². The van der Waals surface area contributed by atoms with Gasteiger partial charge in [-0.2, -0.15) is 14.4 Å². The van der Waals surface area contributed by atoms with Crippen LogP contribution in [0.2, 0.25) is 0 Å². The van der Waals surface area contributed by atoms with E-state index in [0.717, 1.165) is 12.8 Å². The molecule has 2 N–H and O–H groups in total. The molecule has 0 saturated carbocycles. The average Bonchev–Trinajstić information content (AvgIpc) is 3.31. The number of nitrogens with zero attached hydrogens (tertiary/aromatic N) is 4. The van der Waals surface area contributed by atoms with Crippen LogP contribution in [0.15, 0.2) is 6.33 Å². The number of rotatable bonds is 22. The van der Waals surface area contributed by atoms with Gasteiger partial charge in [-0.05, 0) is 19.8 Å². The van der Waals surface area contributed by atoms with Crippen LogP contribution in [0.5, 0.6) is 0 Å². The van der Waals surface area contributed by atoms with Crippen molar-refractivity contribution in [3.05, 3.63) is 12.4 Å². The van der Waals surface area contributed by atoms with Gasteiger partial charge in [-0.25, -0.2) is 4.98 Å². The van der Waals surface area contributed by atoms with Crippen molar-refractivity contribution in [2.75, 3.05) is 19.5 Å². The van der Waals surface area contributed by atoms with Crippen LogP contribution in [-0.4, -0.2) is 44.8 Å². The topological polar surface area (TPSA) is 105 Å². The molecule has 8 nitrogen and oxygen atoms in total. The van der Waals surface area contributed by atoms with Crippen LogP contribution in [0.3, 0.4) is 0 Å². The lowest BCUT2D eigenvalue weighted by Gasteiger charge is -2.27. The van der Waals surface area contributed by atoms with Crippen LogP contribution in [0.25, 0.3) is 11.2 Å². The number of hydrogen-bond donors (Lipinski definition) is 1. The number of imidazole rings is 1. The third kappa shape index (κ3) is 12.0. The summed E-state index contributed by atoms with van der Waals surface area (Å²) in [6.07, 6.45) is 21.0. The van der Waals surface area contributed by atoms with Gasteiger partial charge in [0.05, 0.1) is 6.33 Å². The number of carbonyl (C=O) groups is 1. The molecule has 0 saturated heterocycles. The van der Waals surface area contributed by atoms with Gasteiger partial charge < -0.3 is 19.8 Å². The fourth-order valence-corrected chi connectivity index (χ4v) is 4.64. The van der Waals surface area contributed by atoms with E-state index in [9.17, 15) is 9.18 Å². The van der Waals surface area contributed by atoms with Crippen molar-refractivity contribution in [2.24, 2.45) is 0 Å². The van der Waals surface area contributed by atoms with Gasteiger partial charge in [-0.15, -0.1) is 0 Å². The summed E-state index contributed by atoms with van der Waals surface area (Å²) in [5, 5.41) is 0. The van der Waals surface area contributed by atoms with Gasteiger partial charge in [0.1, 0.15) is 17.7 Å². The highest BCUT2D eigenvalue weighted by molar-refractivity contribution is 5.81. The van der Waals surface area contributed by atoms with Gasteiger partial charge in [0.2, 0.25) is 0 Å². The molecule has 0 aliphatic carbocycles. The smallest absolute Gasteiger partial charge is 0.312 e. The van der Waals surface area contributed by atoms with Crippen LogP contribution in [-0.2, 0) is 20.8 Å². The molecular weight excluding hydrogens is 485 g/mol. The van der Waals surface area contributed by atoms with Gasteiger partial charge in [-0.3, -0.25) is 4.79 Å². The first-order valence-corrected chi connectivity index (χ1v) is 14.7. The van der Waals surface area contributed by atoms with E-state index in [1.54, 1.807) is 18.0 Å². The van der Waals surface area contributed by atoms with Gasteiger partial charge in [0, 0.05) is 20.1 Å². The zero-order valence-electron chi connectivity index (χ0n) is 24.0. The lowest BCUT2D eigenvalue weighted by molar-refractivity contribution is -0.153. The average molecular weight is 536 g/mol. The summed E-state index contributed by atoms with van der Waals surface area (Å²) >= 11 is 0. The van der Waals surface area contributed by atoms with Crippen LogP contribution >= 0.6 is 0 Å². The number of ether oxygens (including phenoxy) is 2. The Labute approximate surface area is 228 Å². The van der Waals surface area contributed by atoms with E-state index in [4.69, 9.17) is 15.2 Å². The van der Waals surface area contributed by atoms with Crippen molar-refractivity contribution in [3.8, 4) is 0 Å². The number of hydrogen-bond acceptors (Lipinski definition) is 7. The lowest BCUT2D eigenvalue weighted by Crippen LogP contribution is -2.35. The maximum absolute atomic E-state index is 13.6. The molecule has 0 aliphatic heterocycles. The maximum Gasteiger partial charge on any atom is 0.312 e. The molecular formula is C29H50FN5O3. The first-order chi connectivity index (χ1) is 18.4. The molecule has 0 bridgehead atoms. The number of aryl methyl sites for hydroxylation is 1. The molecule has 0 aliphatic rings. The molecule has 216 valence electrons. The lowest BCUT2D eigenvalue weighted by atomic mass is 10.0. The molecule has 0 spiro atoms. The zero-order chi connectivity index (χ0) is 27.6. The Kier molecular flexibility index (Phi) is 15.2. The fraction of sp³-hybridized carbons (Fsp3) is 0.793. The van der Waals surface area contributed by atoms with Gasteiger partial charge in [0.25, 0.3) is 0 Å². The van der Waals surface area contributed by atoms with Crippen molar-refractivity contribution in [2.45, 2.75) is 135 Å². The number of aromatic nitrogens is 4. The second-order valence-corrected chi connectivity index (χ2v) is 10.8. The second kappa shape index (κ2) is 18.1. The Bertz CT molecular complexity index is 938. The van der Waals surface area contributed by atoms with Crippen LogP contribution in [0.4, 0.5) is 10.2 Å². The van der Waals surface area contributed by atoms with Crippen LogP contribution < -0.4 is 5.73 Å². The Balaban J connectivity index is 1.51. The number of nitrogen functional groups attached to an aromatic ring is 1. The maximum atomic E-state index is 13.6. The molecule has 38 heavy (non-hydrogen) atoms. The van der Waals surface area contributed by atoms with E-state index in [-0.39, 0.29) is 18.4 Å². The number of carbonyl (C=O) groups excluding carboxylic acids is 1. The fourth-order valence-electron chi connectivity index (χ4n) is 4.64. The molecule has 0 unspecified atom stereocenters. The minimum absolute atomic E-state index is 0.00786. The van der Waals surface area contributed by atoms with Crippen LogP contribution in [0, 0.1) is 6.08 Å². The highest BCUT2D eigenvalue weighted by Gasteiger charge is 2.26. The molecule has 9 heteroatoms. The molecule has 0 amide bonds. The Hall–Kier alpha value is -2.29. The third-order valence-corrected chi connectivity index (χ3v) is 7.36. The summed E-state index contributed by atoms with van der Waals surface area (Å²) in [5.74, 6) is -0.188. The molecule has 2 heterocycles. The molecule has 0 radical (unpaired) electrons. The van der Waals surface area contributed by atoms with Gasteiger partial charge in [0.15, 0.2) is 11.5 Å². The normalized spacial score (nSPS) is 13.2. The summed E-state index contributed by atoms with van der Waals surface area (Å²) in [6, 6.07) is 0. The van der Waals surface area contributed by atoms with Crippen LogP contribution in [0.1, 0.15) is 123 Å². The number of nitrogens with two attached hydrogens (primary N) is 1. The van der Waals surface area contributed by atoms with E-state index in [0.29, 0.717) is 30.6 Å². The molecule has 2 aromatic heterocycles. The van der Waals surface area contributed by atoms with Gasteiger partial charge in [-0.1, -0.05) is 96.8 Å². The standard InChI is InChI=1S/C29H50FN5O3/c1-4-5-6-7-8-9-10-11-12-13-14-15-16-17-18-19-24(36)38-22-29(2,37-3)20-21-35-23-32-25-26(31)33-28(30)34-27(25)35/h23H,4-22H2,1-3H3,(H2,31,33,34)/t29-/m0/s1. The Morgan fingerprint density at radius 3 is 2.05 bits per heavy atom. The Morgan fingerprint density at radius 1 is 0.947 bits per heavy atom. The van der Waals surface area contributed by atoms with E-state index < -0.39 is 11.7 Å². The molecule has 2 rings (SSSR count). The molecule has 1 atom stereocenters. The Morgan fingerprint density at radius 2 is 1.50 bits per heavy atom. The van der Waals surface area contributed by atoms with Crippen molar-refractivity contribution >= 4 is 23.0 Å². The van der Waals surface area contributed by atoms with Crippen molar-refractivity contribution in [1.29, 1.82) is 0 Å². The monoisotopic (exact) mass is 535 g/mol. The summed E-state index contributed by atoms with van der Waals surface area (Å²) in [4.78, 5) is 23.7. The van der Waals surface area contributed by atoms with E-state index in [1.807, 2.05) is 6.92 Å². The van der Waals surface area contributed by atoms with E-state index in [1.165, 1.54) is 83.5 Å². The number of unbranched alkanes of at least 4 members (excludes halogenated alkanes) is 14. The summed E-state index contributed by atoms with van der Waals surface area (Å²) < 4.78 is 26.4. The number of fused-ring (bicyclic) bond motifs is 1. The molecule has 2 aromatic rings. The predicted octanol–water partition coefficient (Wildman–Crippen LogP) is 7.15.